The molecule has 45 valence electrons. The average molecular weight is 113 g/mol. The predicted octanol–water partition coefficient (Wildman–Crippen LogP) is -0.597. The van der Waals surface area contributed by atoms with Gasteiger partial charge in [0.25, 0.3) is 0 Å². The molecule has 0 atom stereocenters. The van der Waals surface area contributed by atoms with Gasteiger partial charge in [-0.15, -0.1) is 6.58 Å². The fourth-order valence-electron chi connectivity index (χ4n) is 0.194. The van der Waals surface area contributed by atoms with Crippen LogP contribution in [0.3, 0.4) is 0 Å². The van der Waals surface area contributed by atoms with E-state index in [1.54, 1.807) is 0 Å². The van der Waals surface area contributed by atoms with Crippen LogP contribution >= 0.6 is 0 Å². The Morgan fingerprint density at radius 1 is 1.75 bits per heavy atom. The van der Waals surface area contributed by atoms with Crippen molar-refractivity contribution in [3.05, 3.63) is 19.2 Å². The predicted molar refractivity (Wildman–Crippen MR) is 32.4 cm³/mol. The minimum atomic E-state index is -0.204. The van der Waals surface area contributed by atoms with Crippen molar-refractivity contribution in [2.45, 2.75) is 0 Å². The van der Waals surface area contributed by atoms with Gasteiger partial charge in [-0.2, -0.15) is 0 Å². The van der Waals surface area contributed by atoms with Gasteiger partial charge in [0.05, 0.1) is 6.54 Å². The molecule has 0 heterocycles. The molecular weight excluding hydrogens is 104 g/mol. The molecule has 0 fully saturated rings. The van der Waals surface area contributed by atoms with Crippen LogP contribution in [0.25, 0.3) is 0 Å². The maximum absolute atomic E-state index is 6.70. The number of hydrazine groups is 1. The van der Waals surface area contributed by atoms with Gasteiger partial charge >= 0.3 is 0 Å². The lowest BCUT2D eigenvalue weighted by Gasteiger charge is -2.10. The fourth-order valence-corrected chi connectivity index (χ4v) is 0.194. The van der Waals surface area contributed by atoms with Crippen molar-refractivity contribution in [1.29, 1.82) is 5.41 Å². The molecule has 0 saturated carbocycles. The number of hydrogen-bond donors (Lipinski definition) is 3. The van der Waals surface area contributed by atoms with Gasteiger partial charge < -0.3 is 5.73 Å². The summed E-state index contributed by atoms with van der Waals surface area (Å²) in [5.74, 6) is 4.88. The van der Waals surface area contributed by atoms with Gasteiger partial charge in [0.15, 0.2) is 0 Å². The van der Waals surface area contributed by atoms with Gasteiger partial charge in [0.1, 0.15) is 0 Å². The third-order valence-electron chi connectivity index (χ3n) is 0.544. The van der Waals surface area contributed by atoms with Crippen molar-refractivity contribution < 1.29 is 0 Å². The van der Waals surface area contributed by atoms with Gasteiger partial charge in [0, 0.05) is 0 Å². The number of guanidine groups is 1. The van der Waals surface area contributed by atoms with E-state index in [1.165, 1.54) is 12.6 Å². The van der Waals surface area contributed by atoms with Crippen molar-refractivity contribution in [3.63, 3.8) is 0 Å². The average Bonchev–Trinajstić information content (AvgIpc) is 1.67. The van der Waals surface area contributed by atoms with Crippen LogP contribution in [0, 0.1) is 12.0 Å². The zero-order valence-electron chi connectivity index (χ0n) is 4.46. The first-order valence-electron chi connectivity index (χ1n) is 2.02. The fraction of sp³-hybridized carbons (Fsp3) is 0. The highest BCUT2D eigenvalue weighted by molar-refractivity contribution is 5.74. The van der Waals surface area contributed by atoms with Crippen LogP contribution in [0.1, 0.15) is 0 Å². The molecule has 0 rings (SSSR count). The number of nitrogens with one attached hydrogen (secondary N) is 1. The molecule has 4 nitrogen and oxygen atoms in total. The Kier molecular flexibility index (Phi) is 2.64. The zero-order valence-corrected chi connectivity index (χ0v) is 4.46. The molecule has 0 amide bonds. The number of nitrogens with two attached hydrogens (primary N) is 2. The van der Waals surface area contributed by atoms with E-state index in [4.69, 9.17) is 17.0 Å². The summed E-state index contributed by atoms with van der Waals surface area (Å²) in [5, 5.41) is 7.67. The summed E-state index contributed by atoms with van der Waals surface area (Å²) in [6, 6.07) is 0. The van der Waals surface area contributed by atoms with Crippen molar-refractivity contribution in [2.24, 2.45) is 11.6 Å². The Morgan fingerprint density at radius 2 is 2.25 bits per heavy atom. The summed E-state index contributed by atoms with van der Waals surface area (Å²) in [7, 11) is 0. The maximum Gasteiger partial charge on any atom is 0.203 e. The van der Waals surface area contributed by atoms with Crippen molar-refractivity contribution in [2.75, 3.05) is 0 Å². The Bertz CT molecular complexity index is 98.2. The molecule has 1 radical (unpaired) electrons. The lowest BCUT2D eigenvalue weighted by molar-refractivity contribution is 0.543. The largest absolute Gasteiger partial charge is 0.369 e. The third-order valence-corrected chi connectivity index (χ3v) is 0.544. The zero-order chi connectivity index (χ0) is 6.57. The summed E-state index contributed by atoms with van der Waals surface area (Å²) in [4.78, 5) is 0. The highest BCUT2D eigenvalue weighted by atomic mass is 15.4. The molecule has 0 aromatic heterocycles. The number of rotatable bonds is 2. The first-order chi connectivity index (χ1) is 3.68. The van der Waals surface area contributed by atoms with E-state index in [1.807, 2.05) is 0 Å². The van der Waals surface area contributed by atoms with Crippen LogP contribution in [0.5, 0.6) is 0 Å². The van der Waals surface area contributed by atoms with Crippen LogP contribution in [0.4, 0.5) is 0 Å². The quantitative estimate of drug-likeness (QED) is 0.194. The number of nitrogens with zero attached hydrogens (tertiary/aromatic N) is 1. The van der Waals surface area contributed by atoms with Gasteiger partial charge in [-0.05, 0) is 0 Å². The molecular formula is C4H9N4. The Morgan fingerprint density at radius 3 is 2.38 bits per heavy atom. The normalized spacial score (nSPS) is 8.12. The van der Waals surface area contributed by atoms with Gasteiger partial charge in [-0.25, -0.2) is 5.84 Å². The van der Waals surface area contributed by atoms with Crippen molar-refractivity contribution in [1.82, 2.24) is 5.01 Å². The second-order valence-corrected chi connectivity index (χ2v) is 1.18. The van der Waals surface area contributed by atoms with Crippen LogP contribution in [-0.4, -0.2) is 11.0 Å². The summed E-state index contributed by atoms with van der Waals surface area (Å²) < 4.78 is 0. The van der Waals surface area contributed by atoms with Crippen molar-refractivity contribution in [3.8, 4) is 0 Å². The molecule has 5 N–H and O–H groups in total. The Labute approximate surface area is 48.2 Å². The van der Waals surface area contributed by atoms with Gasteiger partial charge in [0.2, 0.25) is 5.96 Å². The van der Waals surface area contributed by atoms with Crippen LogP contribution < -0.4 is 11.6 Å². The van der Waals surface area contributed by atoms with E-state index >= 15 is 0 Å². The molecule has 0 bridgehead atoms. The second-order valence-electron chi connectivity index (χ2n) is 1.18. The maximum atomic E-state index is 6.70. The summed E-state index contributed by atoms with van der Waals surface area (Å²) >= 11 is 0. The van der Waals surface area contributed by atoms with Crippen LogP contribution in [0.15, 0.2) is 12.7 Å². The molecule has 0 unspecified atom stereocenters. The third kappa shape index (κ3) is 2.20. The van der Waals surface area contributed by atoms with Crippen LogP contribution in [-0.2, 0) is 0 Å². The highest BCUT2D eigenvalue weighted by Gasteiger charge is 1.93. The molecule has 8 heavy (non-hydrogen) atoms. The minimum absolute atomic E-state index is 0.204. The molecule has 0 aliphatic carbocycles. The second kappa shape index (κ2) is 3.04. The molecule has 4 heteroatoms. The SMILES string of the molecule is C=C[CH]N(N)C(=N)N. The van der Waals surface area contributed by atoms with E-state index in [2.05, 4.69) is 6.58 Å². The van der Waals surface area contributed by atoms with Gasteiger partial charge in [-0.1, -0.05) is 6.08 Å². The van der Waals surface area contributed by atoms with Gasteiger partial charge in [-0.3, -0.25) is 10.4 Å². The molecule has 0 saturated heterocycles. The highest BCUT2D eigenvalue weighted by Crippen LogP contribution is 1.79. The van der Waals surface area contributed by atoms with Crippen LogP contribution in [0.2, 0.25) is 0 Å². The van der Waals surface area contributed by atoms with Crippen molar-refractivity contribution >= 4 is 5.96 Å². The smallest absolute Gasteiger partial charge is 0.203 e. The van der Waals surface area contributed by atoms with E-state index < -0.39 is 0 Å². The lowest BCUT2D eigenvalue weighted by Crippen LogP contribution is -2.39. The van der Waals surface area contributed by atoms with E-state index in [9.17, 15) is 0 Å². The Balaban J connectivity index is 3.46. The molecule has 0 aromatic carbocycles. The number of hydrogen-bond acceptors (Lipinski definition) is 2. The molecule has 0 aliphatic heterocycles. The summed E-state index contributed by atoms with van der Waals surface area (Å²) in [5.41, 5.74) is 4.93. The van der Waals surface area contributed by atoms with E-state index in [-0.39, 0.29) is 5.96 Å². The standard InChI is InChI=1S/C4H9N4/c1-2-3-8(7)4(5)6/h2-3H,1,7H2,(H3,5,6). The lowest BCUT2D eigenvalue weighted by atomic mass is 10.6. The molecule has 0 aromatic rings. The summed E-state index contributed by atoms with van der Waals surface area (Å²) in [6.07, 6.45) is 1.45. The first kappa shape index (κ1) is 6.97. The minimum Gasteiger partial charge on any atom is -0.369 e. The topological polar surface area (TPSA) is 79.1 Å². The van der Waals surface area contributed by atoms with E-state index in [0.29, 0.717) is 0 Å². The molecule has 0 aliphatic rings. The summed E-state index contributed by atoms with van der Waals surface area (Å²) in [6.45, 7) is 4.74. The van der Waals surface area contributed by atoms with E-state index in [0.717, 1.165) is 5.01 Å². The Hall–Kier alpha value is -1.03. The monoisotopic (exact) mass is 113 g/mol. The molecule has 0 spiro atoms. The first-order valence-corrected chi connectivity index (χ1v) is 2.02.